The highest BCUT2D eigenvalue weighted by Gasteiger charge is 2.22. The summed E-state index contributed by atoms with van der Waals surface area (Å²) in [6.07, 6.45) is 2.34. The number of hydrogen-bond donors (Lipinski definition) is 0. The van der Waals surface area contributed by atoms with Crippen LogP contribution in [0.2, 0.25) is 5.02 Å². The number of nitrogens with zero attached hydrogens (tertiary/aromatic N) is 5. The van der Waals surface area contributed by atoms with Gasteiger partial charge in [0.1, 0.15) is 0 Å². The van der Waals surface area contributed by atoms with Crippen LogP contribution < -0.4 is 4.90 Å². The van der Waals surface area contributed by atoms with Gasteiger partial charge in [-0.3, -0.25) is 4.57 Å². The van der Waals surface area contributed by atoms with E-state index in [1.807, 2.05) is 28.8 Å². The van der Waals surface area contributed by atoms with Gasteiger partial charge in [-0.1, -0.05) is 29.4 Å². The first-order valence-electron chi connectivity index (χ1n) is 6.75. The Morgan fingerprint density at radius 2 is 2.10 bits per heavy atom. The van der Waals surface area contributed by atoms with E-state index in [1.54, 1.807) is 0 Å². The first-order chi connectivity index (χ1) is 10.3. The third-order valence-electron chi connectivity index (χ3n) is 3.34. The molecule has 1 saturated heterocycles. The molecule has 1 aliphatic heterocycles. The summed E-state index contributed by atoms with van der Waals surface area (Å²) in [4.78, 5) is 2.23. The molecule has 0 radical (unpaired) electrons. The summed E-state index contributed by atoms with van der Waals surface area (Å²) in [5, 5.41) is 18.8. The quantitative estimate of drug-likeness (QED) is 0.810. The van der Waals surface area contributed by atoms with Crippen molar-refractivity contribution < 1.29 is 0 Å². The van der Waals surface area contributed by atoms with Gasteiger partial charge in [0.15, 0.2) is 5.16 Å². The van der Waals surface area contributed by atoms with Gasteiger partial charge in [0.25, 0.3) is 0 Å². The summed E-state index contributed by atoms with van der Waals surface area (Å²) in [6, 6.07) is 9.74. The smallest absolute Gasteiger partial charge is 0.232 e. The number of halogens is 1. The molecule has 21 heavy (non-hydrogen) atoms. The zero-order valence-corrected chi connectivity index (χ0v) is 12.9. The SMILES string of the molecule is N#CCSc1nnc(N2CCCC2)n1-c1cccc(Cl)c1. The van der Waals surface area contributed by atoms with Gasteiger partial charge in [-0.15, -0.1) is 10.2 Å². The zero-order chi connectivity index (χ0) is 14.7. The molecule has 1 fully saturated rings. The molecule has 0 saturated carbocycles. The molecule has 1 aliphatic rings. The van der Waals surface area contributed by atoms with Crippen molar-refractivity contribution in [3.05, 3.63) is 29.3 Å². The lowest BCUT2D eigenvalue weighted by molar-refractivity contribution is 0.842. The average molecular weight is 320 g/mol. The summed E-state index contributed by atoms with van der Waals surface area (Å²) >= 11 is 7.49. The molecule has 0 atom stereocenters. The number of hydrogen-bond acceptors (Lipinski definition) is 5. The van der Waals surface area contributed by atoms with Crippen molar-refractivity contribution in [1.82, 2.24) is 14.8 Å². The van der Waals surface area contributed by atoms with Crippen molar-refractivity contribution in [3.63, 3.8) is 0 Å². The fourth-order valence-electron chi connectivity index (χ4n) is 2.42. The van der Waals surface area contributed by atoms with Crippen LogP contribution in [0.3, 0.4) is 0 Å². The first-order valence-corrected chi connectivity index (χ1v) is 8.12. The van der Waals surface area contributed by atoms with Crippen LogP contribution in [0.4, 0.5) is 5.95 Å². The van der Waals surface area contributed by atoms with Crippen molar-refractivity contribution in [2.45, 2.75) is 18.0 Å². The predicted octanol–water partition coefficient (Wildman–Crippen LogP) is 3.14. The Labute approximate surface area is 132 Å². The Balaban J connectivity index is 2.05. The fraction of sp³-hybridized carbons (Fsp3) is 0.357. The first kappa shape index (κ1) is 14.2. The van der Waals surface area contributed by atoms with E-state index in [9.17, 15) is 0 Å². The molecule has 7 heteroatoms. The van der Waals surface area contributed by atoms with E-state index >= 15 is 0 Å². The largest absolute Gasteiger partial charge is 0.341 e. The lowest BCUT2D eigenvalue weighted by Gasteiger charge is -2.18. The third-order valence-corrected chi connectivity index (χ3v) is 4.37. The summed E-state index contributed by atoms with van der Waals surface area (Å²) < 4.78 is 1.99. The topological polar surface area (TPSA) is 57.7 Å². The molecule has 2 aromatic rings. The number of aromatic nitrogens is 3. The van der Waals surface area contributed by atoms with E-state index in [0.717, 1.165) is 29.9 Å². The minimum atomic E-state index is 0.346. The molecule has 0 aliphatic carbocycles. The summed E-state index contributed by atoms with van der Waals surface area (Å²) in [5.74, 6) is 1.17. The fourth-order valence-corrected chi connectivity index (χ4v) is 3.21. The lowest BCUT2D eigenvalue weighted by atomic mass is 10.3. The van der Waals surface area contributed by atoms with Gasteiger partial charge < -0.3 is 4.90 Å². The number of anilines is 1. The number of benzene rings is 1. The molecule has 5 nitrogen and oxygen atoms in total. The van der Waals surface area contributed by atoms with E-state index in [2.05, 4.69) is 21.2 Å². The maximum atomic E-state index is 8.79. The van der Waals surface area contributed by atoms with E-state index in [0.29, 0.717) is 10.8 Å². The number of nitriles is 1. The molecule has 108 valence electrons. The van der Waals surface area contributed by atoms with Crippen molar-refractivity contribution in [2.75, 3.05) is 23.7 Å². The Kier molecular flexibility index (Phi) is 4.32. The Morgan fingerprint density at radius 3 is 2.81 bits per heavy atom. The molecule has 0 amide bonds. The number of thioether (sulfide) groups is 1. The highest BCUT2D eigenvalue weighted by atomic mass is 35.5. The van der Waals surface area contributed by atoms with Crippen molar-refractivity contribution >= 4 is 29.3 Å². The van der Waals surface area contributed by atoms with E-state index in [1.165, 1.54) is 24.6 Å². The molecule has 3 rings (SSSR count). The molecule has 0 unspecified atom stereocenters. The van der Waals surface area contributed by atoms with Crippen LogP contribution in [0.1, 0.15) is 12.8 Å². The Hall–Kier alpha value is -1.71. The Morgan fingerprint density at radius 1 is 1.29 bits per heavy atom. The molecule has 0 spiro atoms. The van der Waals surface area contributed by atoms with Gasteiger partial charge in [0.05, 0.1) is 17.5 Å². The molecule has 0 N–H and O–H groups in total. The maximum Gasteiger partial charge on any atom is 0.232 e. The van der Waals surface area contributed by atoms with Crippen molar-refractivity contribution in [2.24, 2.45) is 0 Å². The van der Waals surface area contributed by atoms with Crippen LogP contribution in [-0.2, 0) is 0 Å². The van der Waals surface area contributed by atoms with Gasteiger partial charge in [-0.05, 0) is 31.0 Å². The molecular weight excluding hydrogens is 306 g/mol. The highest BCUT2D eigenvalue weighted by molar-refractivity contribution is 7.99. The predicted molar refractivity (Wildman–Crippen MR) is 84.2 cm³/mol. The minimum absolute atomic E-state index is 0.346. The Bertz CT molecular complexity index is 672. The van der Waals surface area contributed by atoms with E-state index < -0.39 is 0 Å². The van der Waals surface area contributed by atoms with E-state index in [4.69, 9.17) is 16.9 Å². The van der Waals surface area contributed by atoms with Crippen LogP contribution in [0, 0.1) is 11.3 Å². The maximum absolute atomic E-state index is 8.79. The molecular formula is C14H14ClN5S. The van der Waals surface area contributed by atoms with Crippen LogP contribution in [0.5, 0.6) is 0 Å². The number of rotatable bonds is 4. The van der Waals surface area contributed by atoms with Crippen LogP contribution in [-0.4, -0.2) is 33.6 Å². The highest BCUT2D eigenvalue weighted by Crippen LogP contribution is 2.29. The normalized spacial score (nSPS) is 14.4. The van der Waals surface area contributed by atoms with Crippen molar-refractivity contribution in [1.29, 1.82) is 5.26 Å². The van der Waals surface area contributed by atoms with Gasteiger partial charge >= 0.3 is 0 Å². The second-order valence-corrected chi connectivity index (χ2v) is 6.12. The minimum Gasteiger partial charge on any atom is -0.341 e. The summed E-state index contributed by atoms with van der Waals surface area (Å²) in [5.41, 5.74) is 0.926. The van der Waals surface area contributed by atoms with Crippen molar-refractivity contribution in [3.8, 4) is 11.8 Å². The summed E-state index contributed by atoms with van der Waals surface area (Å²) in [6.45, 7) is 1.98. The van der Waals surface area contributed by atoms with Crippen LogP contribution in [0.15, 0.2) is 29.4 Å². The lowest BCUT2D eigenvalue weighted by Crippen LogP contribution is -2.22. The van der Waals surface area contributed by atoms with Gasteiger partial charge in [-0.25, -0.2) is 0 Å². The van der Waals surface area contributed by atoms with Crippen LogP contribution >= 0.6 is 23.4 Å². The molecule has 0 bridgehead atoms. The molecule has 1 aromatic carbocycles. The average Bonchev–Trinajstić information content (AvgIpc) is 3.14. The van der Waals surface area contributed by atoms with Gasteiger partial charge in [0, 0.05) is 18.1 Å². The second kappa shape index (κ2) is 6.37. The van der Waals surface area contributed by atoms with Gasteiger partial charge in [-0.2, -0.15) is 5.26 Å². The summed E-state index contributed by atoms with van der Waals surface area (Å²) in [7, 11) is 0. The second-order valence-electron chi connectivity index (χ2n) is 4.74. The zero-order valence-electron chi connectivity index (χ0n) is 11.4. The van der Waals surface area contributed by atoms with Gasteiger partial charge in [0.2, 0.25) is 5.95 Å². The standard InChI is InChI=1S/C14H14ClN5S/c15-11-4-3-5-12(10-11)20-13(19-7-1-2-8-19)17-18-14(20)21-9-6-16/h3-5,10H,1-2,7-9H2. The van der Waals surface area contributed by atoms with E-state index in [-0.39, 0.29) is 0 Å². The molecule has 1 aromatic heterocycles. The molecule has 2 heterocycles. The monoisotopic (exact) mass is 319 g/mol. The third kappa shape index (κ3) is 2.99. The van der Waals surface area contributed by atoms with Crippen LogP contribution in [0.25, 0.3) is 5.69 Å².